The minimum Gasteiger partial charge on any atom is -0.480 e. The number of nitrogens with zero attached hydrogens (tertiary/aromatic N) is 3. The van der Waals surface area contributed by atoms with Gasteiger partial charge in [-0.2, -0.15) is 0 Å². The topological polar surface area (TPSA) is 90.2 Å². The Kier molecular flexibility index (Phi) is 5.87. The van der Waals surface area contributed by atoms with E-state index in [1.54, 1.807) is 18.0 Å². The summed E-state index contributed by atoms with van der Waals surface area (Å²) in [5, 5.41) is 14.7. The SMILES string of the molecule is COc1ncc([N+](=O)[O-])c(NCc2ccc(SC)cn2)c1-c1ccccc1. The van der Waals surface area contributed by atoms with E-state index in [9.17, 15) is 10.1 Å². The molecular formula is C19H18N4O3S. The van der Waals surface area contributed by atoms with Crippen molar-refractivity contribution in [3.05, 3.63) is 70.7 Å². The van der Waals surface area contributed by atoms with Gasteiger partial charge in [-0.05, 0) is 24.0 Å². The number of ether oxygens (including phenoxy) is 1. The van der Waals surface area contributed by atoms with Crippen molar-refractivity contribution < 1.29 is 9.66 Å². The lowest BCUT2D eigenvalue weighted by Crippen LogP contribution is -2.07. The number of benzene rings is 1. The third-order valence-electron chi connectivity index (χ3n) is 3.96. The van der Waals surface area contributed by atoms with Gasteiger partial charge in [0.15, 0.2) is 0 Å². The summed E-state index contributed by atoms with van der Waals surface area (Å²) in [7, 11) is 1.49. The predicted octanol–water partition coefficient (Wildman–Crippen LogP) is 4.39. The molecule has 0 radical (unpaired) electrons. The standard InChI is InChI=1S/C19H18N4O3S/c1-26-19-17(13-6-4-3-5-7-13)18(16(12-22-19)23(24)25)21-10-14-8-9-15(27-2)11-20-14/h3-9,11-12H,10H2,1-2H3,(H,21,22). The van der Waals surface area contributed by atoms with E-state index in [4.69, 9.17) is 4.74 Å². The molecule has 1 N–H and O–H groups in total. The highest BCUT2D eigenvalue weighted by molar-refractivity contribution is 7.98. The molecule has 0 amide bonds. The van der Waals surface area contributed by atoms with Crippen LogP contribution in [0.1, 0.15) is 5.69 Å². The quantitative estimate of drug-likeness (QED) is 0.368. The molecule has 0 saturated heterocycles. The second-order valence-corrected chi connectivity index (χ2v) is 6.45. The molecule has 7 nitrogen and oxygen atoms in total. The molecule has 8 heteroatoms. The molecule has 0 aliphatic carbocycles. The monoisotopic (exact) mass is 382 g/mol. The predicted molar refractivity (Wildman–Crippen MR) is 106 cm³/mol. The van der Waals surface area contributed by atoms with Crippen LogP contribution < -0.4 is 10.1 Å². The number of pyridine rings is 2. The highest BCUT2D eigenvalue weighted by Gasteiger charge is 2.24. The van der Waals surface area contributed by atoms with Crippen molar-refractivity contribution >= 4 is 23.1 Å². The first kappa shape index (κ1) is 18.7. The summed E-state index contributed by atoms with van der Waals surface area (Å²) in [6, 6.07) is 13.2. The van der Waals surface area contributed by atoms with Crippen LogP contribution in [0.2, 0.25) is 0 Å². The average molecular weight is 382 g/mol. The van der Waals surface area contributed by atoms with Crippen molar-refractivity contribution in [3.63, 3.8) is 0 Å². The van der Waals surface area contributed by atoms with E-state index in [-0.39, 0.29) is 5.69 Å². The van der Waals surface area contributed by atoms with E-state index >= 15 is 0 Å². The van der Waals surface area contributed by atoms with Crippen LogP contribution in [0.5, 0.6) is 5.88 Å². The van der Waals surface area contributed by atoms with Gasteiger partial charge in [-0.3, -0.25) is 15.1 Å². The molecule has 0 unspecified atom stereocenters. The number of hydrogen-bond acceptors (Lipinski definition) is 7. The van der Waals surface area contributed by atoms with Crippen LogP contribution in [0, 0.1) is 10.1 Å². The van der Waals surface area contributed by atoms with Crippen LogP contribution in [0.25, 0.3) is 11.1 Å². The number of aromatic nitrogens is 2. The van der Waals surface area contributed by atoms with Gasteiger partial charge in [-0.25, -0.2) is 4.98 Å². The van der Waals surface area contributed by atoms with Crippen molar-refractivity contribution in [3.8, 4) is 17.0 Å². The number of rotatable bonds is 7. The Hall–Kier alpha value is -3.13. The Morgan fingerprint density at radius 1 is 1.15 bits per heavy atom. The third kappa shape index (κ3) is 4.17. The molecule has 0 spiro atoms. The van der Waals surface area contributed by atoms with Gasteiger partial charge in [0.25, 0.3) is 0 Å². The van der Waals surface area contributed by atoms with Crippen LogP contribution in [0.15, 0.2) is 59.8 Å². The van der Waals surface area contributed by atoms with Crippen molar-refractivity contribution in [1.29, 1.82) is 0 Å². The van der Waals surface area contributed by atoms with Gasteiger partial charge in [-0.15, -0.1) is 11.8 Å². The summed E-state index contributed by atoms with van der Waals surface area (Å²) < 4.78 is 5.37. The van der Waals surface area contributed by atoms with Crippen LogP contribution in [-0.2, 0) is 6.54 Å². The zero-order valence-corrected chi connectivity index (χ0v) is 15.7. The number of nitro groups is 1. The molecule has 2 aromatic heterocycles. The number of methoxy groups -OCH3 is 1. The van der Waals surface area contributed by atoms with Gasteiger partial charge in [-0.1, -0.05) is 30.3 Å². The highest BCUT2D eigenvalue weighted by Crippen LogP contribution is 2.41. The Bertz CT molecular complexity index is 934. The van der Waals surface area contributed by atoms with Gasteiger partial charge in [0.2, 0.25) is 5.88 Å². The van der Waals surface area contributed by atoms with Gasteiger partial charge >= 0.3 is 5.69 Å². The second-order valence-electron chi connectivity index (χ2n) is 5.57. The molecule has 0 bridgehead atoms. The van der Waals surface area contributed by atoms with Gasteiger partial charge in [0.05, 0.1) is 29.8 Å². The Morgan fingerprint density at radius 2 is 1.93 bits per heavy atom. The number of anilines is 1. The van der Waals surface area contributed by atoms with E-state index < -0.39 is 4.92 Å². The summed E-state index contributed by atoms with van der Waals surface area (Å²) in [4.78, 5) is 20.7. The van der Waals surface area contributed by atoms with E-state index in [1.165, 1.54) is 13.3 Å². The molecule has 1 aromatic carbocycles. The average Bonchev–Trinajstić information content (AvgIpc) is 2.72. The van der Waals surface area contributed by atoms with E-state index in [0.717, 1.165) is 16.2 Å². The maximum Gasteiger partial charge on any atom is 0.311 e. The van der Waals surface area contributed by atoms with Crippen LogP contribution in [0.3, 0.4) is 0 Å². The Morgan fingerprint density at radius 3 is 2.52 bits per heavy atom. The highest BCUT2D eigenvalue weighted by atomic mass is 32.2. The zero-order valence-electron chi connectivity index (χ0n) is 14.9. The first-order chi connectivity index (χ1) is 13.1. The Labute approximate surface area is 161 Å². The van der Waals surface area contributed by atoms with Crippen LogP contribution in [0.4, 0.5) is 11.4 Å². The molecule has 0 atom stereocenters. The number of hydrogen-bond donors (Lipinski definition) is 1. The molecule has 0 aliphatic heterocycles. The van der Waals surface area contributed by atoms with Crippen molar-refractivity contribution in [2.45, 2.75) is 11.4 Å². The van der Waals surface area contributed by atoms with Gasteiger partial charge in [0, 0.05) is 11.1 Å². The van der Waals surface area contributed by atoms with Gasteiger partial charge < -0.3 is 10.1 Å². The van der Waals surface area contributed by atoms with E-state index in [2.05, 4.69) is 15.3 Å². The molecule has 138 valence electrons. The third-order valence-corrected chi connectivity index (χ3v) is 4.67. The minimum atomic E-state index is -0.453. The molecule has 0 aliphatic rings. The summed E-state index contributed by atoms with van der Waals surface area (Å²) in [6.07, 6.45) is 4.97. The summed E-state index contributed by atoms with van der Waals surface area (Å²) >= 11 is 1.61. The maximum absolute atomic E-state index is 11.6. The lowest BCUT2D eigenvalue weighted by molar-refractivity contribution is -0.384. The fraction of sp³-hybridized carbons (Fsp3) is 0.158. The van der Waals surface area contributed by atoms with E-state index in [0.29, 0.717) is 23.7 Å². The van der Waals surface area contributed by atoms with E-state index in [1.807, 2.05) is 48.7 Å². The van der Waals surface area contributed by atoms with Crippen molar-refractivity contribution in [1.82, 2.24) is 9.97 Å². The van der Waals surface area contributed by atoms with Crippen LogP contribution >= 0.6 is 11.8 Å². The normalized spacial score (nSPS) is 10.4. The summed E-state index contributed by atoms with van der Waals surface area (Å²) in [5.41, 5.74) is 2.34. The Balaban J connectivity index is 2.03. The molecule has 3 rings (SSSR count). The summed E-state index contributed by atoms with van der Waals surface area (Å²) in [5.74, 6) is 0.319. The fourth-order valence-corrected chi connectivity index (χ4v) is 3.01. The van der Waals surface area contributed by atoms with Crippen molar-refractivity contribution in [2.75, 3.05) is 18.7 Å². The number of thioether (sulfide) groups is 1. The first-order valence-corrected chi connectivity index (χ1v) is 9.36. The van der Waals surface area contributed by atoms with Crippen molar-refractivity contribution in [2.24, 2.45) is 0 Å². The molecular weight excluding hydrogens is 364 g/mol. The largest absolute Gasteiger partial charge is 0.480 e. The molecule has 2 heterocycles. The second kappa shape index (κ2) is 8.50. The lowest BCUT2D eigenvalue weighted by Gasteiger charge is -2.15. The minimum absolute atomic E-state index is 0.115. The first-order valence-electron chi connectivity index (χ1n) is 8.13. The number of nitrogens with one attached hydrogen (secondary N) is 1. The molecule has 27 heavy (non-hydrogen) atoms. The van der Waals surface area contributed by atoms with Crippen LogP contribution in [-0.4, -0.2) is 28.3 Å². The fourth-order valence-electron chi connectivity index (χ4n) is 2.64. The molecule has 0 saturated carbocycles. The zero-order chi connectivity index (χ0) is 19.2. The smallest absolute Gasteiger partial charge is 0.311 e. The maximum atomic E-state index is 11.6. The molecule has 0 fully saturated rings. The lowest BCUT2D eigenvalue weighted by atomic mass is 10.0. The van der Waals surface area contributed by atoms with Gasteiger partial charge in [0.1, 0.15) is 11.9 Å². The summed E-state index contributed by atoms with van der Waals surface area (Å²) in [6.45, 7) is 0.336. The molecule has 3 aromatic rings.